The molecule has 0 atom stereocenters. The first-order valence-electron chi connectivity index (χ1n) is 8.58. The van der Waals surface area contributed by atoms with E-state index in [0.29, 0.717) is 11.4 Å². The van der Waals surface area contributed by atoms with Gasteiger partial charge in [0.15, 0.2) is 0 Å². The largest absolute Gasteiger partial charge is 0.462 e. The van der Waals surface area contributed by atoms with Gasteiger partial charge in [0.25, 0.3) is 5.56 Å². The zero-order valence-electron chi connectivity index (χ0n) is 15.4. The number of carbonyl (C=O) groups excluding carboxylic acids is 1. The van der Waals surface area contributed by atoms with Crippen LogP contribution in [0.2, 0.25) is 0 Å². The van der Waals surface area contributed by atoms with E-state index in [-0.39, 0.29) is 23.6 Å². The van der Waals surface area contributed by atoms with Gasteiger partial charge >= 0.3 is 5.97 Å². The molecule has 0 aliphatic heterocycles. The van der Waals surface area contributed by atoms with E-state index in [1.54, 1.807) is 49.5 Å². The van der Waals surface area contributed by atoms with Crippen molar-refractivity contribution in [3.8, 4) is 17.7 Å². The number of hydrogen-bond acceptors (Lipinski definition) is 6. The van der Waals surface area contributed by atoms with E-state index in [1.165, 1.54) is 4.40 Å². The van der Waals surface area contributed by atoms with Crippen molar-refractivity contribution in [1.29, 1.82) is 5.26 Å². The van der Waals surface area contributed by atoms with Gasteiger partial charge in [0.1, 0.15) is 28.6 Å². The van der Waals surface area contributed by atoms with Gasteiger partial charge in [-0.2, -0.15) is 10.2 Å². The van der Waals surface area contributed by atoms with Crippen LogP contribution in [0.15, 0.2) is 59.0 Å². The molecule has 0 amide bonds. The molecule has 0 unspecified atom stereocenters. The van der Waals surface area contributed by atoms with E-state index >= 15 is 0 Å². The monoisotopic (exact) mass is 375 g/mol. The molecule has 3 rings (SSSR count). The quantitative estimate of drug-likeness (QED) is 0.386. The molecule has 3 aromatic rings. The number of nitrogens with zero attached hydrogens (tertiary/aromatic N) is 3. The van der Waals surface area contributed by atoms with Gasteiger partial charge in [0.2, 0.25) is 5.88 Å². The molecule has 0 bridgehead atoms. The van der Waals surface area contributed by atoms with Gasteiger partial charge < -0.3 is 9.47 Å². The molecule has 7 heteroatoms. The second kappa shape index (κ2) is 8.18. The van der Waals surface area contributed by atoms with E-state index < -0.39 is 11.5 Å². The highest BCUT2D eigenvalue weighted by atomic mass is 16.5. The van der Waals surface area contributed by atoms with Gasteiger partial charge in [0, 0.05) is 6.20 Å². The maximum absolute atomic E-state index is 13.0. The first kappa shape index (κ1) is 18.9. The van der Waals surface area contributed by atoms with Gasteiger partial charge in [-0.3, -0.25) is 9.20 Å². The van der Waals surface area contributed by atoms with Crippen LogP contribution in [-0.4, -0.2) is 22.0 Å². The lowest BCUT2D eigenvalue weighted by Crippen LogP contribution is -2.19. The van der Waals surface area contributed by atoms with Gasteiger partial charge in [-0.15, -0.1) is 0 Å². The Morgan fingerprint density at radius 3 is 2.82 bits per heavy atom. The highest BCUT2D eigenvalue weighted by Crippen LogP contribution is 2.24. The van der Waals surface area contributed by atoms with Gasteiger partial charge in [-0.25, -0.2) is 4.79 Å². The lowest BCUT2D eigenvalue weighted by Gasteiger charge is -2.10. The van der Waals surface area contributed by atoms with Crippen LogP contribution >= 0.6 is 0 Å². The van der Waals surface area contributed by atoms with E-state index in [9.17, 15) is 14.9 Å². The number of nitriles is 1. The topological polar surface area (TPSA) is 93.7 Å². The molecule has 28 heavy (non-hydrogen) atoms. The Bertz CT molecular complexity index is 1170. The Hall–Kier alpha value is -3.92. The summed E-state index contributed by atoms with van der Waals surface area (Å²) in [6.07, 6.45) is 2.70. The van der Waals surface area contributed by atoms with Crippen molar-refractivity contribution in [3.05, 3.63) is 75.7 Å². The molecule has 0 saturated carbocycles. The van der Waals surface area contributed by atoms with E-state index in [1.807, 2.05) is 19.1 Å². The molecule has 0 radical (unpaired) electrons. The van der Waals surface area contributed by atoms with Crippen molar-refractivity contribution in [2.75, 3.05) is 6.61 Å². The summed E-state index contributed by atoms with van der Waals surface area (Å²) in [6.45, 7) is 3.65. The van der Waals surface area contributed by atoms with Crippen molar-refractivity contribution in [3.63, 3.8) is 0 Å². The first-order chi connectivity index (χ1) is 13.5. The average Bonchev–Trinajstić information content (AvgIpc) is 2.68. The second-order valence-corrected chi connectivity index (χ2v) is 5.87. The van der Waals surface area contributed by atoms with Crippen molar-refractivity contribution in [2.45, 2.75) is 13.8 Å². The molecule has 0 N–H and O–H groups in total. The van der Waals surface area contributed by atoms with Crippen LogP contribution in [0.3, 0.4) is 0 Å². The first-order valence-corrected chi connectivity index (χ1v) is 8.58. The molecule has 0 aliphatic carbocycles. The van der Waals surface area contributed by atoms with Crippen LogP contribution in [0, 0.1) is 18.3 Å². The standard InChI is InChI=1S/C21H17N3O4/c1-3-27-21(26)15(13-22)12-17-19(28-16-8-6-7-14(2)11-16)23-18-9-4-5-10-24(18)20(17)25/h4-12H,3H2,1-2H3. The van der Waals surface area contributed by atoms with Crippen molar-refractivity contribution >= 4 is 17.7 Å². The summed E-state index contributed by atoms with van der Waals surface area (Å²) in [5.74, 6) is -0.334. The van der Waals surface area contributed by atoms with Crippen LogP contribution < -0.4 is 10.3 Å². The van der Waals surface area contributed by atoms with Gasteiger partial charge in [0.05, 0.1) is 6.61 Å². The molecule has 1 aromatic carbocycles. The van der Waals surface area contributed by atoms with Crippen molar-refractivity contribution in [1.82, 2.24) is 9.38 Å². The molecular formula is C21H17N3O4. The predicted molar refractivity (Wildman–Crippen MR) is 103 cm³/mol. The zero-order chi connectivity index (χ0) is 20.1. The Balaban J connectivity index is 2.21. The number of fused-ring (bicyclic) bond motifs is 1. The summed E-state index contributed by atoms with van der Waals surface area (Å²) >= 11 is 0. The van der Waals surface area contributed by atoms with Gasteiger partial charge in [-0.05, 0) is 49.8 Å². The second-order valence-electron chi connectivity index (χ2n) is 5.87. The Labute approximate surface area is 161 Å². The summed E-state index contributed by atoms with van der Waals surface area (Å²) in [7, 11) is 0. The van der Waals surface area contributed by atoms with E-state index in [4.69, 9.17) is 9.47 Å². The molecule has 0 aliphatic rings. The van der Waals surface area contributed by atoms with Crippen molar-refractivity contribution < 1.29 is 14.3 Å². The smallest absolute Gasteiger partial charge is 0.348 e. The number of benzene rings is 1. The fraction of sp³-hybridized carbons (Fsp3) is 0.143. The molecule has 0 fully saturated rings. The predicted octanol–water partition coefficient (Wildman–Crippen LogP) is 3.27. The highest BCUT2D eigenvalue weighted by molar-refractivity contribution is 5.98. The Morgan fingerprint density at radius 2 is 2.11 bits per heavy atom. The fourth-order valence-electron chi connectivity index (χ4n) is 2.56. The Kier molecular flexibility index (Phi) is 5.51. The van der Waals surface area contributed by atoms with Crippen LogP contribution in [0.5, 0.6) is 11.6 Å². The molecule has 2 aromatic heterocycles. The van der Waals surface area contributed by atoms with E-state index in [0.717, 1.165) is 11.6 Å². The maximum atomic E-state index is 13.0. The number of aromatic nitrogens is 2. The van der Waals surface area contributed by atoms with E-state index in [2.05, 4.69) is 4.98 Å². The minimum Gasteiger partial charge on any atom is -0.462 e. The molecule has 140 valence electrons. The number of esters is 1. The minimum absolute atomic E-state index is 0.00107. The number of ether oxygens (including phenoxy) is 2. The third-order valence-electron chi connectivity index (χ3n) is 3.84. The number of carbonyl (C=O) groups is 1. The minimum atomic E-state index is -0.816. The zero-order valence-corrected chi connectivity index (χ0v) is 15.4. The maximum Gasteiger partial charge on any atom is 0.348 e. The SMILES string of the molecule is CCOC(=O)C(C#N)=Cc1c(Oc2cccc(C)c2)nc2ccccn2c1=O. The fourth-order valence-corrected chi connectivity index (χ4v) is 2.56. The average molecular weight is 375 g/mol. The highest BCUT2D eigenvalue weighted by Gasteiger charge is 2.17. The third-order valence-corrected chi connectivity index (χ3v) is 3.84. The van der Waals surface area contributed by atoms with Crippen LogP contribution in [0.25, 0.3) is 11.7 Å². The summed E-state index contributed by atoms with van der Waals surface area (Å²) in [4.78, 5) is 29.3. The molecular weight excluding hydrogens is 358 g/mol. The van der Waals surface area contributed by atoms with Crippen LogP contribution in [-0.2, 0) is 9.53 Å². The number of aryl methyl sites for hydroxylation is 1. The Morgan fingerprint density at radius 1 is 1.29 bits per heavy atom. The lowest BCUT2D eigenvalue weighted by molar-refractivity contribution is -0.137. The molecule has 0 spiro atoms. The summed E-state index contributed by atoms with van der Waals surface area (Å²) in [5, 5.41) is 9.32. The molecule has 7 nitrogen and oxygen atoms in total. The van der Waals surface area contributed by atoms with Crippen LogP contribution in [0.1, 0.15) is 18.1 Å². The number of rotatable bonds is 5. The van der Waals surface area contributed by atoms with Crippen LogP contribution in [0.4, 0.5) is 0 Å². The molecule has 0 saturated heterocycles. The summed E-state index contributed by atoms with van der Waals surface area (Å²) in [6, 6.07) is 14.1. The van der Waals surface area contributed by atoms with Crippen molar-refractivity contribution in [2.24, 2.45) is 0 Å². The van der Waals surface area contributed by atoms with Gasteiger partial charge in [-0.1, -0.05) is 18.2 Å². The summed E-state index contributed by atoms with van der Waals surface area (Å²) in [5.41, 5.74) is 0.545. The lowest BCUT2D eigenvalue weighted by atomic mass is 10.2. The number of hydrogen-bond donors (Lipinski definition) is 0. The summed E-state index contributed by atoms with van der Waals surface area (Å²) < 4.78 is 12.0. The molecule has 2 heterocycles. The third kappa shape index (κ3) is 3.91. The normalized spacial score (nSPS) is 11.1. The number of pyridine rings is 1.